The average molecular weight is 360 g/mol. The molecule has 0 saturated carbocycles. The number of carbonyl (C=O) groups excluding carboxylic acids is 1. The van der Waals surface area contributed by atoms with Gasteiger partial charge in [0.1, 0.15) is 0 Å². The summed E-state index contributed by atoms with van der Waals surface area (Å²) in [4.78, 5) is 19.3. The molecule has 0 radical (unpaired) electrons. The van der Waals surface area contributed by atoms with Crippen LogP contribution in [0.2, 0.25) is 0 Å². The molecule has 0 bridgehead atoms. The van der Waals surface area contributed by atoms with Gasteiger partial charge in [-0.2, -0.15) is 0 Å². The highest BCUT2D eigenvalue weighted by Gasteiger charge is 2.30. The lowest BCUT2D eigenvalue weighted by atomic mass is 9.95. The van der Waals surface area contributed by atoms with Crippen LogP contribution < -0.4 is 4.90 Å². The van der Waals surface area contributed by atoms with Gasteiger partial charge in [-0.25, -0.2) is 0 Å². The Morgan fingerprint density at radius 2 is 1.64 bits per heavy atom. The molecule has 2 aromatic heterocycles. The van der Waals surface area contributed by atoms with Crippen LogP contribution in [0, 0.1) is 5.92 Å². The maximum absolute atomic E-state index is 12.7. The van der Waals surface area contributed by atoms with Crippen LogP contribution in [-0.4, -0.2) is 76.8 Å². The van der Waals surface area contributed by atoms with Crippen LogP contribution >= 0.6 is 11.3 Å². The van der Waals surface area contributed by atoms with Gasteiger partial charge in [0.05, 0.1) is 0 Å². The first-order valence-electron chi connectivity index (χ1n) is 8.90. The molecule has 4 rings (SSSR count). The highest BCUT2D eigenvalue weighted by molar-refractivity contribution is 7.17. The van der Waals surface area contributed by atoms with Gasteiger partial charge in [-0.1, -0.05) is 11.3 Å². The normalized spacial score (nSPS) is 20.2. The van der Waals surface area contributed by atoms with E-state index >= 15 is 0 Å². The number of likely N-dealkylation sites (N-methyl/N-ethyl adjacent to an activating group) is 1. The van der Waals surface area contributed by atoms with E-state index in [1.165, 1.54) is 0 Å². The summed E-state index contributed by atoms with van der Waals surface area (Å²) in [6, 6.07) is 3.97. The Kier molecular flexibility index (Phi) is 4.72. The van der Waals surface area contributed by atoms with Crippen LogP contribution in [0.5, 0.6) is 0 Å². The average Bonchev–Trinajstić information content (AvgIpc) is 3.33. The summed E-state index contributed by atoms with van der Waals surface area (Å²) in [6.07, 6.45) is 5.77. The fraction of sp³-hybridized carbons (Fsp3) is 0.588. The molecular weight excluding hydrogens is 336 g/mol. The van der Waals surface area contributed by atoms with Gasteiger partial charge in [0, 0.05) is 57.6 Å². The molecule has 0 spiro atoms. The fourth-order valence-electron chi connectivity index (χ4n) is 3.50. The maximum Gasteiger partial charge on any atom is 0.225 e. The molecule has 4 heterocycles. The number of rotatable bonds is 3. The number of carbonyl (C=O) groups is 1. The van der Waals surface area contributed by atoms with Crippen molar-refractivity contribution in [2.24, 2.45) is 5.92 Å². The van der Waals surface area contributed by atoms with Crippen molar-refractivity contribution in [1.82, 2.24) is 24.6 Å². The zero-order valence-electron chi connectivity index (χ0n) is 14.5. The topological polar surface area (TPSA) is 57.5 Å². The van der Waals surface area contributed by atoms with Crippen molar-refractivity contribution in [2.45, 2.75) is 12.8 Å². The van der Waals surface area contributed by atoms with Crippen molar-refractivity contribution < 1.29 is 4.79 Å². The maximum atomic E-state index is 12.7. The van der Waals surface area contributed by atoms with E-state index in [1.54, 1.807) is 11.3 Å². The molecular formula is C17H24N6OS. The second-order valence-electron chi connectivity index (χ2n) is 6.85. The Bertz CT molecular complexity index is 699. The second kappa shape index (κ2) is 7.13. The number of hydrogen-bond donors (Lipinski definition) is 0. The fourth-order valence-corrected chi connectivity index (χ4v) is 4.37. The van der Waals surface area contributed by atoms with Gasteiger partial charge in [0.2, 0.25) is 16.2 Å². The molecule has 2 aliphatic heterocycles. The minimum absolute atomic E-state index is 0.163. The number of piperidine rings is 1. The summed E-state index contributed by atoms with van der Waals surface area (Å²) in [6.45, 7) is 5.46. The Labute approximate surface area is 151 Å². The van der Waals surface area contributed by atoms with Gasteiger partial charge >= 0.3 is 0 Å². The molecule has 7 nitrogen and oxygen atoms in total. The van der Waals surface area contributed by atoms with E-state index in [9.17, 15) is 4.79 Å². The number of piperazine rings is 1. The molecule has 0 atom stereocenters. The Morgan fingerprint density at radius 1 is 1.00 bits per heavy atom. The molecule has 0 unspecified atom stereocenters. The molecule has 0 aromatic carbocycles. The van der Waals surface area contributed by atoms with Crippen LogP contribution in [0.25, 0.3) is 5.13 Å². The third-order valence-electron chi connectivity index (χ3n) is 5.16. The molecule has 2 fully saturated rings. The van der Waals surface area contributed by atoms with Crippen molar-refractivity contribution in [2.75, 3.05) is 51.2 Å². The van der Waals surface area contributed by atoms with Gasteiger partial charge in [0.25, 0.3) is 0 Å². The molecule has 1 amide bonds. The molecule has 2 aliphatic rings. The van der Waals surface area contributed by atoms with E-state index in [1.807, 2.05) is 29.1 Å². The number of nitrogens with zero attached hydrogens (tertiary/aromatic N) is 6. The van der Waals surface area contributed by atoms with E-state index in [0.717, 1.165) is 62.4 Å². The summed E-state index contributed by atoms with van der Waals surface area (Å²) >= 11 is 1.60. The standard InChI is InChI=1S/C17H24N6OS/c1-20-10-12-21(13-11-20)15(24)14-4-8-23(9-5-14)17-19-18-16(25-17)22-6-2-3-7-22/h2-3,6-7,14H,4-5,8-13H2,1H3. The molecule has 134 valence electrons. The van der Waals surface area contributed by atoms with Crippen molar-refractivity contribution in [3.8, 4) is 5.13 Å². The molecule has 8 heteroatoms. The first-order valence-corrected chi connectivity index (χ1v) is 9.71. The number of anilines is 1. The lowest BCUT2D eigenvalue weighted by Gasteiger charge is -2.37. The quantitative estimate of drug-likeness (QED) is 0.826. The third kappa shape index (κ3) is 3.55. The minimum Gasteiger partial charge on any atom is -0.347 e. The number of hydrogen-bond acceptors (Lipinski definition) is 6. The Balaban J connectivity index is 1.33. The monoisotopic (exact) mass is 360 g/mol. The molecule has 25 heavy (non-hydrogen) atoms. The van der Waals surface area contributed by atoms with Gasteiger partial charge in [0.15, 0.2) is 0 Å². The third-order valence-corrected chi connectivity index (χ3v) is 6.16. The Morgan fingerprint density at radius 3 is 2.32 bits per heavy atom. The van der Waals surface area contributed by atoms with Gasteiger partial charge in [-0.05, 0) is 32.0 Å². The van der Waals surface area contributed by atoms with E-state index in [0.29, 0.717) is 5.91 Å². The lowest BCUT2D eigenvalue weighted by molar-refractivity contribution is -0.137. The van der Waals surface area contributed by atoms with Crippen LogP contribution in [0.4, 0.5) is 5.13 Å². The summed E-state index contributed by atoms with van der Waals surface area (Å²) < 4.78 is 1.98. The zero-order chi connectivity index (χ0) is 17.2. The summed E-state index contributed by atoms with van der Waals surface area (Å²) in [5.74, 6) is 0.509. The lowest BCUT2D eigenvalue weighted by Crippen LogP contribution is -2.50. The predicted octanol–water partition coefficient (Wildman–Crippen LogP) is 1.32. The first-order chi connectivity index (χ1) is 12.2. The Hall–Kier alpha value is -1.93. The van der Waals surface area contributed by atoms with Crippen LogP contribution in [0.3, 0.4) is 0 Å². The SMILES string of the molecule is CN1CCN(C(=O)C2CCN(c3nnc(-n4cccc4)s3)CC2)CC1. The van der Waals surface area contributed by atoms with E-state index < -0.39 is 0 Å². The van der Waals surface area contributed by atoms with Crippen molar-refractivity contribution in [3.63, 3.8) is 0 Å². The van der Waals surface area contributed by atoms with Gasteiger partial charge in [-0.3, -0.25) is 9.36 Å². The predicted molar refractivity (Wildman–Crippen MR) is 98.3 cm³/mol. The van der Waals surface area contributed by atoms with Crippen molar-refractivity contribution >= 4 is 22.4 Å². The first kappa shape index (κ1) is 16.5. The summed E-state index contributed by atoms with van der Waals surface area (Å²) in [5.41, 5.74) is 0. The summed E-state index contributed by atoms with van der Waals surface area (Å²) in [7, 11) is 2.12. The van der Waals surface area contributed by atoms with Crippen LogP contribution in [0.1, 0.15) is 12.8 Å². The molecule has 2 aromatic rings. The summed E-state index contributed by atoms with van der Waals surface area (Å²) in [5, 5.41) is 10.5. The molecule has 0 aliphatic carbocycles. The van der Waals surface area contributed by atoms with E-state index in [4.69, 9.17) is 0 Å². The van der Waals surface area contributed by atoms with Crippen LogP contribution in [0.15, 0.2) is 24.5 Å². The minimum atomic E-state index is 0.163. The number of amides is 1. The highest BCUT2D eigenvalue weighted by atomic mass is 32.1. The van der Waals surface area contributed by atoms with E-state index in [2.05, 4.69) is 31.9 Å². The van der Waals surface area contributed by atoms with Gasteiger partial charge in [-0.15, -0.1) is 10.2 Å². The van der Waals surface area contributed by atoms with Crippen molar-refractivity contribution in [3.05, 3.63) is 24.5 Å². The molecule has 0 N–H and O–H groups in total. The molecule has 2 saturated heterocycles. The van der Waals surface area contributed by atoms with Gasteiger partial charge < -0.3 is 14.7 Å². The smallest absolute Gasteiger partial charge is 0.225 e. The number of aromatic nitrogens is 3. The van der Waals surface area contributed by atoms with Crippen LogP contribution in [-0.2, 0) is 4.79 Å². The second-order valence-corrected chi connectivity index (χ2v) is 7.78. The zero-order valence-corrected chi connectivity index (χ0v) is 15.4. The van der Waals surface area contributed by atoms with Crippen molar-refractivity contribution in [1.29, 1.82) is 0 Å². The highest BCUT2D eigenvalue weighted by Crippen LogP contribution is 2.28. The van der Waals surface area contributed by atoms with E-state index in [-0.39, 0.29) is 5.92 Å². The largest absolute Gasteiger partial charge is 0.347 e.